The van der Waals surface area contributed by atoms with Crippen LogP contribution in [0.25, 0.3) is 18.8 Å². The van der Waals surface area contributed by atoms with E-state index in [4.69, 9.17) is 0 Å². The number of hydrogen-bond donors (Lipinski definition) is 0. The molecule has 3 aromatic heterocycles. The Morgan fingerprint density at radius 3 is 2.67 bits per heavy atom. The third-order valence-electron chi connectivity index (χ3n) is 2.34. The Balaban J connectivity index is 2.39. The molecule has 3 aromatic rings. The second-order valence-corrected chi connectivity index (χ2v) is 11.4. The zero-order chi connectivity index (χ0) is 10.6. The van der Waals surface area contributed by atoms with Gasteiger partial charge in [0, 0.05) is 14.0 Å². The predicted molar refractivity (Wildman–Crippen MR) is 80.6 cm³/mol. The van der Waals surface area contributed by atoms with Crippen molar-refractivity contribution in [3.63, 3.8) is 0 Å². The monoisotopic (exact) mass is 270 g/mol. The molecule has 0 unspecified atom stereocenters. The first-order valence-corrected chi connectivity index (χ1v) is 10.0. The maximum Gasteiger partial charge on any atom is 0.0636 e. The average Bonchev–Trinajstić information content (AvgIpc) is 2.68. The number of rotatable bonds is 1. The summed E-state index contributed by atoms with van der Waals surface area (Å²) in [4.78, 5) is 0. The van der Waals surface area contributed by atoms with Gasteiger partial charge in [0.25, 0.3) is 0 Å². The van der Waals surface area contributed by atoms with Crippen LogP contribution in [0.4, 0.5) is 0 Å². The van der Waals surface area contributed by atoms with Crippen LogP contribution in [0.15, 0.2) is 17.5 Å². The van der Waals surface area contributed by atoms with Gasteiger partial charge in [-0.05, 0) is 30.8 Å². The van der Waals surface area contributed by atoms with Crippen LogP contribution in [-0.2, 0) is 0 Å². The molecule has 0 amide bonds. The van der Waals surface area contributed by atoms with Crippen LogP contribution in [0.1, 0.15) is 0 Å². The molecule has 3 heterocycles. The lowest BCUT2D eigenvalue weighted by atomic mass is 10.5. The molecule has 0 atom stereocenters. The number of hydrogen-bond acceptors (Lipinski definition) is 3. The van der Waals surface area contributed by atoms with E-state index in [1.807, 2.05) is 34.0 Å². The SMILES string of the molecule is C=P(C)(C)c1cc2sc3ccsc3c2s1. The molecule has 15 heavy (non-hydrogen) atoms. The topological polar surface area (TPSA) is 0 Å². The predicted octanol–water partition coefficient (Wildman–Crippen LogP) is 4.51. The molecule has 0 N–H and O–H groups in total. The van der Waals surface area contributed by atoms with E-state index in [9.17, 15) is 0 Å². The first-order valence-electron chi connectivity index (χ1n) is 4.64. The second kappa shape index (κ2) is 3.21. The van der Waals surface area contributed by atoms with Crippen molar-refractivity contribution in [1.82, 2.24) is 0 Å². The summed E-state index contributed by atoms with van der Waals surface area (Å²) in [5.74, 6) is 0. The lowest BCUT2D eigenvalue weighted by Gasteiger charge is -2.07. The van der Waals surface area contributed by atoms with Crippen LogP contribution in [0.3, 0.4) is 0 Å². The Labute approximate surface area is 101 Å². The van der Waals surface area contributed by atoms with Crippen molar-refractivity contribution < 1.29 is 0 Å². The van der Waals surface area contributed by atoms with Gasteiger partial charge in [-0.1, -0.05) is 13.2 Å². The fourth-order valence-corrected chi connectivity index (χ4v) is 6.89. The summed E-state index contributed by atoms with van der Waals surface area (Å²) >= 11 is 5.73. The summed E-state index contributed by atoms with van der Waals surface area (Å²) in [6, 6.07) is 4.58. The van der Waals surface area contributed by atoms with Gasteiger partial charge in [0.1, 0.15) is 0 Å². The Morgan fingerprint density at radius 1 is 1.13 bits per heavy atom. The fourth-order valence-electron chi connectivity index (χ4n) is 1.56. The smallest absolute Gasteiger partial charge is 0.0636 e. The molecular weight excluding hydrogens is 259 g/mol. The molecule has 0 fully saturated rings. The summed E-state index contributed by atoms with van der Waals surface area (Å²) < 4.78 is 7.34. The molecule has 4 heteroatoms. The molecule has 78 valence electrons. The standard InChI is InChI=1S/C11H11PS3/c1-12(2,3)9-6-8-11(15-9)10-7(14-8)4-5-13-10/h4-6H,1H2,2-3H3. The summed E-state index contributed by atoms with van der Waals surface area (Å²) in [6.07, 6.45) is 4.31. The van der Waals surface area contributed by atoms with Crippen molar-refractivity contribution in [3.05, 3.63) is 17.5 Å². The van der Waals surface area contributed by atoms with Crippen LogP contribution in [0.2, 0.25) is 0 Å². The summed E-state index contributed by atoms with van der Waals surface area (Å²) in [5, 5.41) is 2.19. The second-order valence-electron chi connectivity index (χ2n) is 4.18. The van der Waals surface area contributed by atoms with Crippen LogP contribution in [0.5, 0.6) is 0 Å². The van der Waals surface area contributed by atoms with Gasteiger partial charge < -0.3 is 0 Å². The van der Waals surface area contributed by atoms with E-state index in [2.05, 4.69) is 37.1 Å². The quantitative estimate of drug-likeness (QED) is 0.571. The highest BCUT2D eigenvalue weighted by molar-refractivity contribution is 7.84. The zero-order valence-corrected chi connectivity index (χ0v) is 12.0. The largest absolute Gasteiger partial charge is 0.141 e. The minimum atomic E-state index is -1.09. The van der Waals surface area contributed by atoms with Crippen LogP contribution < -0.4 is 4.62 Å². The van der Waals surface area contributed by atoms with E-state index >= 15 is 0 Å². The normalized spacial score (nSPS) is 12.9. The van der Waals surface area contributed by atoms with Gasteiger partial charge in [-0.3, -0.25) is 0 Å². The van der Waals surface area contributed by atoms with Crippen molar-refractivity contribution in [2.45, 2.75) is 0 Å². The number of fused-ring (bicyclic) bond motifs is 3. The lowest BCUT2D eigenvalue weighted by Crippen LogP contribution is -1.94. The van der Waals surface area contributed by atoms with Crippen molar-refractivity contribution >= 4 is 70.6 Å². The lowest BCUT2D eigenvalue weighted by molar-refractivity contribution is 2.18. The molecule has 0 aliphatic heterocycles. The van der Waals surface area contributed by atoms with Gasteiger partial charge >= 0.3 is 0 Å². The fraction of sp³-hybridized carbons (Fsp3) is 0.182. The van der Waals surface area contributed by atoms with Crippen LogP contribution in [0, 0.1) is 0 Å². The average molecular weight is 270 g/mol. The van der Waals surface area contributed by atoms with Crippen molar-refractivity contribution in [2.24, 2.45) is 0 Å². The minimum absolute atomic E-state index is 1.09. The van der Waals surface area contributed by atoms with Crippen LogP contribution >= 0.6 is 40.9 Å². The van der Waals surface area contributed by atoms with Gasteiger partial charge in [0.15, 0.2) is 0 Å². The molecule has 0 saturated carbocycles. The van der Waals surface area contributed by atoms with Gasteiger partial charge in [-0.25, -0.2) is 0 Å². The molecule has 0 aliphatic rings. The minimum Gasteiger partial charge on any atom is -0.141 e. The van der Waals surface area contributed by atoms with E-state index in [0.717, 1.165) is 0 Å². The molecule has 0 aromatic carbocycles. The van der Waals surface area contributed by atoms with Crippen molar-refractivity contribution in [3.8, 4) is 0 Å². The summed E-state index contributed by atoms with van der Waals surface area (Å²) in [7, 11) is 0. The van der Waals surface area contributed by atoms with Crippen LogP contribution in [-0.4, -0.2) is 19.6 Å². The zero-order valence-electron chi connectivity index (χ0n) is 8.61. The number of thiophene rings is 3. The Hall–Kier alpha value is -0.0800. The van der Waals surface area contributed by atoms with E-state index < -0.39 is 6.89 Å². The molecule has 0 radical (unpaired) electrons. The molecule has 0 bridgehead atoms. The Kier molecular flexibility index (Phi) is 2.16. The van der Waals surface area contributed by atoms with E-state index in [-0.39, 0.29) is 0 Å². The molecular formula is C11H11PS3. The Morgan fingerprint density at radius 2 is 1.93 bits per heavy atom. The summed E-state index contributed by atoms with van der Waals surface area (Å²) in [5.41, 5.74) is 0. The maximum atomic E-state index is 4.31. The highest BCUT2D eigenvalue weighted by Gasteiger charge is 2.13. The third kappa shape index (κ3) is 1.53. The van der Waals surface area contributed by atoms with Gasteiger partial charge in [0.05, 0.1) is 9.40 Å². The Bertz CT molecular complexity index is 677. The van der Waals surface area contributed by atoms with E-state index in [1.54, 1.807) is 0 Å². The molecule has 3 rings (SSSR count). The molecule has 0 saturated heterocycles. The molecule has 0 spiro atoms. The van der Waals surface area contributed by atoms with Crippen molar-refractivity contribution in [2.75, 3.05) is 13.3 Å². The van der Waals surface area contributed by atoms with E-state index in [1.165, 1.54) is 23.4 Å². The summed E-state index contributed by atoms with van der Waals surface area (Å²) in [6.45, 7) is 3.48. The highest BCUT2D eigenvalue weighted by Crippen LogP contribution is 2.45. The van der Waals surface area contributed by atoms with Gasteiger partial charge in [0.2, 0.25) is 0 Å². The third-order valence-corrected chi connectivity index (χ3v) is 8.79. The maximum absolute atomic E-state index is 4.31. The highest BCUT2D eigenvalue weighted by atomic mass is 32.1. The van der Waals surface area contributed by atoms with E-state index in [0.29, 0.717) is 0 Å². The van der Waals surface area contributed by atoms with Gasteiger partial charge in [-0.15, -0.1) is 34.0 Å². The van der Waals surface area contributed by atoms with Crippen molar-refractivity contribution in [1.29, 1.82) is 0 Å². The molecule has 0 nitrogen and oxygen atoms in total. The molecule has 0 aliphatic carbocycles. The first kappa shape index (κ1) is 10.1. The first-order chi connectivity index (χ1) is 7.05. The van der Waals surface area contributed by atoms with Gasteiger partial charge in [-0.2, -0.15) is 0 Å².